The molecule has 7 aromatic carbocycles. The molecule has 61 heavy (non-hydrogen) atoms. The van der Waals surface area contributed by atoms with Crippen molar-refractivity contribution in [1.82, 2.24) is 14.1 Å². The van der Waals surface area contributed by atoms with E-state index in [9.17, 15) is 0 Å². The number of hydrogen-bond donors (Lipinski definition) is 0. The zero-order chi connectivity index (χ0) is 40.8. The van der Waals surface area contributed by atoms with Gasteiger partial charge in [0.2, 0.25) is 0 Å². The van der Waals surface area contributed by atoms with Crippen LogP contribution in [-0.4, -0.2) is 14.1 Å². The van der Waals surface area contributed by atoms with E-state index in [2.05, 4.69) is 207 Å². The monoisotopic (exact) mass is 969 g/mol. The molecule has 0 saturated heterocycles. The molecule has 0 aliphatic rings. The number of rotatable bonds is 8. The number of para-hydroxylation sites is 1. The van der Waals surface area contributed by atoms with E-state index in [0.29, 0.717) is 11.5 Å². The Hall–Kier alpha value is -6.81. The molecule has 10 aromatic rings. The minimum atomic E-state index is -0.0295. The summed E-state index contributed by atoms with van der Waals surface area (Å²) >= 11 is 0. The maximum Gasteiger partial charge on any atom is 0.267 e. The van der Waals surface area contributed by atoms with Crippen molar-refractivity contribution in [3.8, 4) is 62.1 Å². The fourth-order valence-electron chi connectivity index (χ4n) is 8.06. The Labute approximate surface area is 371 Å². The Morgan fingerprint density at radius 3 is 1.97 bits per heavy atom. The van der Waals surface area contributed by atoms with Crippen LogP contribution in [-0.2, 0) is 26.5 Å². The molecule has 6 heteroatoms. The fourth-order valence-corrected chi connectivity index (χ4v) is 8.06. The standard InChI is InChI=1S/C55H42N4O.Pt/c1-38-50(41-20-12-7-13-21-41)32-43(40-18-10-6-11-19-40)33-52(38)58-29-28-57(37-58)45-30-42(39-16-8-5-9-17-39)31-47(35-45)60-46-24-25-49-48-22-14-15-23-51(48)59(53(49)36-46)54-34-44(26-27-56-54)55(2,3)4;/h5-34H,1-4H3;/q-2;. The minimum Gasteiger partial charge on any atom is -0.510 e. The van der Waals surface area contributed by atoms with Gasteiger partial charge in [-0.05, 0) is 92.7 Å². The molecule has 0 aliphatic heterocycles. The molecule has 0 bridgehead atoms. The van der Waals surface area contributed by atoms with Crippen molar-refractivity contribution in [3.63, 3.8) is 0 Å². The third kappa shape index (κ3) is 7.74. The van der Waals surface area contributed by atoms with Crippen LogP contribution in [0.15, 0.2) is 182 Å². The topological polar surface area (TPSA) is 35.9 Å². The Kier molecular flexibility index (Phi) is 10.6. The number of hydrogen-bond acceptors (Lipinski definition) is 2. The zero-order valence-electron chi connectivity index (χ0n) is 34.3. The van der Waals surface area contributed by atoms with Crippen molar-refractivity contribution in [3.05, 3.63) is 212 Å². The number of ether oxygens (including phenoxy) is 1. The van der Waals surface area contributed by atoms with E-state index >= 15 is 0 Å². The van der Waals surface area contributed by atoms with Crippen LogP contribution in [0, 0.1) is 25.4 Å². The summed E-state index contributed by atoms with van der Waals surface area (Å²) in [4.78, 5) is 4.86. The number of benzene rings is 7. The van der Waals surface area contributed by atoms with Gasteiger partial charge in [-0.15, -0.1) is 35.2 Å². The molecule has 0 aliphatic carbocycles. The van der Waals surface area contributed by atoms with Crippen LogP contribution in [0.4, 0.5) is 0 Å². The molecule has 5 nitrogen and oxygen atoms in total. The van der Waals surface area contributed by atoms with Crippen LogP contribution >= 0.6 is 0 Å². The first-order valence-corrected chi connectivity index (χ1v) is 20.3. The predicted octanol–water partition coefficient (Wildman–Crippen LogP) is 13.0. The summed E-state index contributed by atoms with van der Waals surface area (Å²) in [5.74, 6) is 2.00. The van der Waals surface area contributed by atoms with Crippen molar-refractivity contribution in [2.75, 3.05) is 0 Å². The number of fused-ring (bicyclic) bond motifs is 3. The summed E-state index contributed by atoms with van der Waals surface area (Å²) in [6.45, 7) is 8.85. The number of pyridine rings is 1. The fraction of sp³-hybridized carbons (Fsp3) is 0.0909. The number of imidazole rings is 1. The Bertz CT molecular complexity index is 3160. The largest absolute Gasteiger partial charge is 0.510 e. The number of aromatic nitrogens is 4. The van der Waals surface area contributed by atoms with Crippen LogP contribution in [0.5, 0.6) is 11.5 Å². The molecule has 0 atom stereocenters. The number of nitrogens with zero attached hydrogens (tertiary/aromatic N) is 4. The Balaban J connectivity index is 0.00000476. The maximum absolute atomic E-state index is 6.74. The second kappa shape index (κ2) is 16.3. The molecule has 0 N–H and O–H groups in total. The van der Waals surface area contributed by atoms with Gasteiger partial charge in [0.15, 0.2) is 0 Å². The molecule has 10 rings (SSSR count). The van der Waals surface area contributed by atoms with Crippen LogP contribution in [0.3, 0.4) is 0 Å². The van der Waals surface area contributed by atoms with Gasteiger partial charge in [0.25, 0.3) is 6.33 Å². The SMILES string of the molecule is Cc1c(-c2ccccc2)cc(-c2ccccc2)cc1-[n+]1[c-]n(-c2[c-]c(Oc3[c-]c4c(cc3)c3ccccc3n4-c3cc(C(C)(C)C)ccn3)cc(-c3ccccc3)c2)cc1.[Pt]. The van der Waals surface area contributed by atoms with Gasteiger partial charge < -0.3 is 13.9 Å². The van der Waals surface area contributed by atoms with Gasteiger partial charge in [-0.1, -0.05) is 135 Å². The molecule has 3 heterocycles. The summed E-state index contributed by atoms with van der Waals surface area (Å²) in [7, 11) is 0. The quantitative estimate of drug-likeness (QED) is 0.112. The van der Waals surface area contributed by atoms with E-state index in [1.807, 2.05) is 35.2 Å². The van der Waals surface area contributed by atoms with Gasteiger partial charge in [0.1, 0.15) is 5.82 Å². The summed E-state index contributed by atoms with van der Waals surface area (Å²) < 4.78 is 13.0. The van der Waals surface area contributed by atoms with E-state index in [-0.39, 0.29) is 26.5 Å². The van der Waals surface area contributed by atoms with Crippen molar-refractivity contribution >= 4 is 21.8 Å². The molecule has 3 aromatic heterocycles. The van der Waals surface area contributed by atoms with Gasteiger partial charge in [-0.25, -0.2) is 4.98 Å². The smallest absolute Gasteiger partial charge is 0.267 e. The van der Waals surface area contributed by atoms with Crippen molar-refractivity contribution in [2.24, 2.45) is 0 Å². The summed E-state index contributed by atoms with van der Waals surface area (Å²) in [5, 5.41) is 2.22. The summed E-state index contributed by atoms with van der Waals surface area (Å²) in [6, 6.07) is 64.2. The second-order valence-corrected chi connectivity index (χ2v) is 16.2. The normalized spacial score (nSPS) is 11.5. The maximum atomic E-state index is 6.74. The molecule has 0 amide bonds. The zero-order valence-corrected chi connectivity index (χ0v) is 36.6. The molecule has 0 unspecified atom stereocenters. The third-order valence-corrected chi connectivity index (χ3v) is 11.2. The van der Waals surface area contributed by atoms with Gasteiger partial charge in [0.05, 0.1) is 5.69 Å². The molecule has 0 radical (unpaired) electrons. The average molecular weight is 970 g/mol. The van der Waals surface area contributed by atoms with Gasteiger partial charge in [-0.3, -0.25) is 4.57 Å². The average Bonchev–Trinajstić information content (AvgIpc) is 3.91. The summed E-state index contributed by atoms with van der Waals surface area (Å²) in [6.07, 6.45) is 9.60. The van der Waals surface area contributed by atoms with E-state index < -0.39 is 0 Å². The Morgan fingerprint density at radius 2 is 1.26 bits per heavy atom. The predicted molar refractivity (Wildman–Crippen MR) is 242 cm³/mol. The van der Waals surface area contributed by atoms with Gasteiger partial charge >= 0.3 is 0 Å². The molecule has 300 valence electrons. The van der Waals surface area contributed by atoms with E-state index in [0.717, 1.165) is 66.8 Å². The van der Waals surface area contributed by atoms with Crippen molar-refractivity contribution in [2.45, 2.75) is 33.1 Å². The molecule has 0 spiro atoms. The minimum absolute atomic E-state index is 0. The molecule has 0 saturated carbocycles. The van der Waals surface area contributed by atoms with Crippen LogP contribution < -0.4 is 9.30 Å². The molecule has 0 fully saturated rings. The van der Waals surface area contributed by atoms with E-state index in [1.165, 1.54) is 16.7 Å². The second-order valence-electron chi connectivity index (χ2n) is 16.2. The van der Waals surface area contributed by atoms with E-state index in [1.54, 1.807) is 0 Å². The van der Waals surface area contributed by atoms with Gasteiger partial charge in [-0.2, -0.15) is 12.1 Å². The van der Waals surface area contributed by atoms with E-state index in [4.69, 9.17) is 9.72 Å². The third-order valence-electron chi connectivity index (χ3n) is 11.2. The van der Waals surface area contributed by atoms with Crippen LogP contribution in [0.25, 0.3) is 72.4 Å². The summed E-state index contributed by atoms with van der Waals surface area (Å²) in [5.41, 5.74) is 12.9. The molecular formula is C55H42N4OPt-2. The molecular weight excluding hydrogens is 928 g/mol. The first kappa shape index (κ1) is 39.6. The van der Waals surface area contributed by atoms with Crippen molar-refractivity contribution in [1.29, 1.82) is 0 Å². The van der Waals surface area contributed by atoms with Crippen LogP contribution in [0.1, 0.15) is 31.9 Å². The Morgan fingerprint density at radius 1 is 0.607 bits per heavy atom. The van der Waals surface area contributed by atoms with Crippen LogP contribution in [0.2, 0.25) is 0 Å². The first-order chi connectivity index (χ1) is 29.3. The first-order valence-electron chi connectivity index (χ1n) is 20.3. The van der Waals surface area contributed by atoms with Gasteiger partial charge in [0, 0.05) is 56.7 Å². The van der Waals surface area contributed by atoms with Crippen molar-refractivity contribution < 1.29 is 30.4 Å².